The molecule has 2 rings (SSSR count). The molecule has 1 aliphatic rings. The van der Waals surface area contributed by atoms with Crippen LogP contribution < -0.4 is 11.4 Å². The average molecular weight is 275 g/mol. The minimum absolute atomic E-state index is 0.0954. The van der Waals surface area contributed by atoms with Crippen LogP contribution >= 0.6 is 11.9 Å². The Morgan fingerprint density at radius 1 is 1.50 bits per heavy atom. The summed E-state index contributed by atoms with van der Waals surface area (Å²) in [6, 6.07) is 1.43. The van der Waals surface area contributed by atoms with Crippen molar-refractivity contribution in [3.63, 3.8) is 0 Å². The van der Waals surface area contributed by atoms with Crippen molar-refractivity contribution >= 4 is 17.8 Å². The summed E-state index contributed by atoms with van der Waals surface area (Å²) in [6.45, 7) is -0.413. The summed E-state index contributed by atoms with van der Waals surface area (Å²) in [6.07, 6.45) is -1.86. The van der Waals surface area contributed by atoms with Gasteiger partial charge in [0.15, 0.2) is 5.44 Å². The summed E-state index contributed by atoms with van der Waals surface area (Å²) in [5.41, 5.74) is 3.88. The van der Waals surface area contributed by atoms with E-state index in [-0.39, 0.29) is 5.82 Å². The zero-order chi connectivity index (χ0) is 13.3. The predicted molar refractivity (Wildman–Crippen MR) is 63.7 cm³/mol. The summed E-state index contributed by atoms with van der Waals surface area (Å²) in [5.74, 6) is 0.0954. The summed E-state index contributed by atoms with van der Waals surface area (Å²) >= 11 is 0.860. The molecule has 1 aliphatic heterocycles. The number of aromatic nitrogens is 2. The molecule has 18 heavy (non-hydrogen) atoms. The largest absolute Gasteiger partial charge is 0.394 e. The number of hydrogen-bond acceptors (Lipinski definition) is 8. The van der Waals surface area contributed by atoms with Gasteiger partial charge in [0.1, 0.15) is 24.1 Å². The van der Waals surface area contributed by atoms with Gasteiger partial charge in [-0.2, -0.15) is 4.98 Å². The maximum absolute atomic E-state index is 11.5. The number of aliphatic hydroxyl groups is 3. The lowest BCUT2D eigenvalue weighted by Gasteiger charge is -2.14. The topological polar surface area (TPSA) is 131 Å². The molecule has 1 saturated heterocycles. The van der Waals surface area contributed by atoms with E-state index in [2.05, 4.69) is 4.98 Å². The van der Waals surface area contributed by atoms with E-state index in [1.165, 1.54) is 12.3 Å². The van der Waals surface area contributed by atoms with Gasteiger partial charge in [-0.15, -0.1) is 0 Å². The highest BCUT2D eigenvalue weighted by atomic mass is 32.2. The van der Waals surface area contributed by atoms with E-state index in [0.29, 0.717) is 0 Å². The van der Waals surface area contributed by atoms with Gasteiger partial charge in [-0.3, -0.25) is 0 Å². The van der Waals surface area contributed by atoms with E-state index in [1.807, 2.05) is 0 Å². The first-order valence-electron chi connectivity index (χ1n) is 5.17. The molecule has 0 spiro atoms. The third-order valence-electron chi connectivity index (χ3n) is 2.51. The van der Waals surface area contributed by atoms with Gasteiger partial charge in [-0.25, -0.2) is 8.77 Å². The third-order valence-corrected chi connectivity index (χ3v) is 3.61. The van der Waals surface area contributed by atoms with Crippen molar-refractivity contribution in [1.82, 2.24) is 8.96 Å². The van der Waals surface area contributed by atoms with E-state index in [9.17, 15) is 15.0 Å². The minimum Gasteiger partial charge on any atom is -0.394 e. The van der Waals surface area contributed by atoms with Crippen molar-refractivity contribution in [2.24, 2.45) is 0 Å². The predicted octanol–water partition coefficient (Wildman–Crippen LogP) is -2.24. The number of aliphatic hydroxyl groups excluding tert-OH is 3. The molecule has 1 aromatic heterocycles. The van der Waals surface area contributed by atoms with Crippen LogP contribution in [0.4, 0.5) is 5.82 Å². The Morgan fingerprint density at radius 3 is 2.78 bits per heavy atom. The Labute approximate surface area is 106 Å². The molecule has 0 saturated carbocycles. The van der Waals surface area contributed by atoms with Gasteiger partial charge < -0.3 is 25.8 Å². The van der Waals surface area contributed by atoms with Crippen LogP contribution in [0, 0.1) is 0 Å². The standard InChI is InChI=1S/C9H13N3O5S/c10-5-1-2-12(9(16)11-5)18-8-7(15)6(14)4(3-13)17-8/h1-2,4,6-8,13-15H,3H2,(H2,10,11,16)/t4-,6-,7+,8+/m1/s1. The van der Waals surface area contributed by atoms with Gasteiger partial charge in [0.05, 0.1) is 6.61 Å². The van der Waals surface area contributed by atoms with Gasteiger partial charge in [0.25, 0.3) is 0 Å². The molecule has 0 aromatic carbocycles. The molecule has 0 aliphatic carbocycles. The van der Waals surface area contributed by atoms with Crippen molar-refractivity contribution in [2.75, 3.05) is 12.3 Å². The van der Waals surface area contributed by atoms with Crippen LogP contribution in [0.1, 0.15) is 0 Å². The Bertz CT molecular complexity index is 482. The van der Waals surface area contributed by atoms with Gasteiger partial charge in [0, 0.05) is 6.20 Å². The van der Waals surface area contributed by atoms with Crippen LogP contribution in [0.5, 0.6) is 0 Å². The number of nitrogens with two attached hydrogens (primary N) is 1. The van der Waals surface area contributed by atoms with Crippen LogP contribution in [0.2, 0.25) is 0 Å². The molecular weight excluding hydrogens is 262 g/mol. The smallest absolute Gasteiger partial charge is 0.359 e. The molecule has 1 fully saturated rings. The fourth-order valence-electron chi connectivity index (χ4n) is 1.55. The molecule has 0 amide bonds. The van der Waals surface area contributed by atoms with Crippen molar-refractivity contribution in [2.45, 2.75) is 23.7 Å². The normalized spacial score (nSPS) is 31.7. The van der Waals surface area contributed by atoms with E-state index in [4.69, 9.17) is 15.6 Å². The van der Waals surface area contributed by atoms with Gasteiger partial charge in [-0.05, 0) is 18.0 Å². The van der Waals surface area contributed by atoms with Crippen molar-refractivity contribution in [1.29, 1.82) is 0 Å². The van der Waals surface area contributed by atoms with E-state index >= 15 is 0 Å². The lowest BCUT2D eigenvalue weighted by molar-refractivity contribution is -0.00813. The summed E-state index contributed by atoms with van der Waals surface area (Å²) < 4.78 is 6.35. The number of ether oxygens (including phenoxy) is 1. The zero-order valence-electron chi connectivity index (χ0n) is 9.21. The highest BCUT2D eigenvalue weighted by Crippen LogP contribution is 2.29. The van der Waals surface area contributed by atoms with Crippen molar-refractivity contribution in [3.8, 4) is 0 Å². The Kier molecular flexibility index (Phi) is 3.88. The van der Waals surface area contributed by atoms with E-state index in [0.717, 1.165) is 15.9 Å². The van der Waals surface area contributed by atoms with Gasteiger partial charge >= 0.3 is 5.69 Å². The van der Waals surface area contributed by atoms with Crippen molar-refractivity contribution < 1.29 is 20.1 Å². The molecule has 0 radical (unpaired) electrons. The Hall–Kier alpha value is -1.13. The SMILES string of the molecule is Nc1ccn(S[C@@H]2O[C@H](CO)[C@@H](O)[C@@H]2O)c(=O)n1. The molecule has 5 N–H and O–H groups in total. The highest BCUT2D eigenvalue weighted by Gasteiger charge is 2.43. The van der Waals surface area contributed by atoms with Crippen LogP contribution in [-0.2, 0) is 4.74 Å². The maximum atomic E-state index is 11.5. The lowest BCUT2D eigenvalue weighted by atomic mass is 10.2. The first kappa shape index (κ1) is 13.3. The molecule has 0 bridgehead atoms. The zero-order valence-corrected chi connectivity index (χ0v) is 10.0. The molecule has 4 atom stereocenters. The second kappa shape index (κ2) is 5.24. The maximum Gasteiger partial charge on any atom is 0.359 e. The summed E-state index contributed by atoms with van der Waals surface area (Å²) in [7, 11) is 0. The number of rotatable bonds is 3. The number of nitrogen functional groups attached to an aromatic ring is 1. The van der Waals surface area contributed by atoms with E-state index < -0.39 is 36.0 Å². The molecule has 2 heterocycles. The quantitative estimate of drug-likeness (QED) is 0.487. The van der Waals surface area contributed by atoms with Gasteiger partial charge in [0.2, 0.25) is 0 Å². The van der Waals surface area contributed by atoms with Crippen molar-refractivity contribution in [3.05, 3.63) is 22.7 Å². The molecular formula is C9H13N3O5S. The molecule has 1 aromatic rings. The minimum atomic E-state index is -1.20. The van der Waals surface area contributed by atoms with Crippen LogP contribution in [0.25, 0.3) is 0 Å². The van der Waals surface area contributed by atoms with Gasteiger partial charge in [-0.1, -0.05) is 0 Å². The van der Waals surface area contributed by atoms with E-state index in [1.54, 1.807) is 0 Å². The first-order valence-corrected chi connectivity index (χ1v) is 6.01. The summed E-state index contributed by atoms with van der Waals surface area (Å²) in [4.78, 5) is 15.0. The number of hydrogen-bond donors (Lipinski definition) is 4. The second-order valence-corrected chi connectivity index (χ2v) is 4.84. The highest BCUT2D eigenvalue weighted by molar-refractivity contribution is 7.98. The Balaban J connectivity index is 2.13. The molecule has 9 heteroatoms. The number of anilines is 1. The fourth-order valence-corrected chi connectivity index (χ4v) is 2.51. The average Bonchev–Trinajstić information content (AvgIpc) is 2.60. The molecule has 8 nitrogen and oxygen atoms in total. The number of nitrogens with zero attached hydrogens (tertiary/aromatic N) is 2. The molecule has 0 unspecified atom stereocenters. The second-order valence-electron chi connectivity index (χ2n) is 3.77. The van der Waals surface area contributed by atoms with Crippen LogP contribution in [0.15, 0.2) is 17.1 Å². The first-order chi connectivity index (χ1) is 8.52. The Morgan fingerprint density at radius 2 is 2.22 bits per heavy atom. The summed E-state index contributed by atoms with van der Waals surface area (Å²) in [5, 5.41) is 28.2. The van der Waals surface area contributed by atoms with Crippen LogP contribution in [-0.4, -0.2) is 54.6 Å². The third kappa shape index (κ3) is 2.49. The fraction of sp³-hybridized carbons (Fsp3) is 0.556. The monoisotopic (exact) mass is 275 g/mol. The lowest BCUT2D eigenvalue weighted by Crippen LogP contribution is -2.33. The molecule has 100 valence electrons. The van der Waals surface area contributed by atoms with Crippen LogP contribution in [0.3, 0.4) is 0 Å².